The minimum absolute atomic E-state index is 0.129. The van der Waals surface area contributed by atoms with Gasteiger partial charge in [0.2, 0.25) is 0 Å². The van der Waals surface area contributed by atoms with E-state index in [1.165, 1.54) is 12.1 Å². The molecule has 1 aromatic rings. The third-order valence-electron chi connectivity index (χ3n) is 3.99. The molecule has 1 N–H and O–H groups in total. The van der Waals surface area contributed by atoms with Crippen LogP contribution in [0.4, 0.5) is 5.69 Å². The molecular formula is C15H22N2O. The van der Waals surface area contributed by atoms with Gasteiger partial charge in [-0.3, -0.25) is 4.79 Å². The van der Waals surface area contributed by atoms with Gasteiger partial charge in [-0.2, -0.15) is 0 Å². The fraction of sp³-hybridized carbons (Fsp3) is 0.533. The molecule has 2 atom stereocenters. The predicted octanol–water partition coefficient (Wildman–Crippen LogP) is 2.32. The van der Waals surface area contributed by atoms with Gasteiger partial charge in [0.1, 0.15) is 0 Å². The Morgan fingerprint density at radius 1 is 1.39 bits per heavy atom. The van der Waals surface area contributed by atoms with Crippen LogP contribution in [0.3, 0.4) is 0 Å². The molecule has 1 aromatic carbocycles. The molecule has 1 aliphatic rings. The van der Waals surface area contributed by atoms with E-state index in [9.17, 15) is 4.79 Å². The second-order valence-electron chi connectivity index (χ2n) is 5.14. The first-order valence-corrected chi connectivity index (χ1v) is 6.65. The Morgan fingerprint density at radius 3 is 2.61 bits per heavy atom. The Morgan fingerprint density at radius 2 is 2.06 bits per heavy atom. The van der Waals surface area contributed by atoms with Crippen LogP contribution in [0.25, 0.3) is 0 Å². The third kappa shape index (κ3) is 2.56. The van der Waals surface area contributed by atoms with Crippen LogP contribution >= 0.6 is 0 Å². The van der Waals surface area contributed by atoms with Gasteiger partial charge in [0.15, 0.2) is 5.78 Å². The maximum Gasteiger partial charge on any atom is 0.159 e. The summed E-state index contributed by atoms with van der Waals surface area (Å²) in [7, 11) is 2.01. The lowest BCUT2D eigenvalue weighted by Crippen LogP contribution is -2.33. The van der Waals surface area contributed by atoms with Crippen LogP contribution in [0, 0.1) is 5.92 Å². The average molecular weight is 246 g/mol. The van der Waals surface area contributed by atoms with E-state index in [1.54, 1.807) is 6.92 Å². The van der Waals surface area contributed by atoms with Crippen molar-refractivity contribution in [3.8, 4) is 0 Å². The second kappa shape index (κ2) is 5.53. The molecular weight excluding hydrogens is 224 g/mol. The summed E-state index contributed by atoms with van der Waals surface area (Å²) in [5.41, 5.74) is 2.02. The SMILES string of the molecule is CNCC1CCN(c2ccc(C(C)=O)cc2)C1C. The van der Waals surface area contributed by atoms with Crippen molar-refractivity contribution in [2.24, 2.45) is 5.92 Å². The van der Waals surface area contributed by atoms with E-state index in [-0.39, 0.29) is 5.78 Å². The van der Waals surface area contributed by atoms with E-state index in [2.05, 4.69) is 29.3 Å². The number of hydrogen-bond donors (Lipinski definition) is 1. The molecule has 1 aliphatic heterocycles. The summed E-state index contributed by atoms with van der Waals surface area (Å²) < 4.78 is 0. The first-order valence-electron chi connectivity index (χ1n) is 6.65. The molecule has 1 fully saturated rings. The molecule has 0 radical (unpaired) electrons. The zero-order chi connectivity index (χ0) is 13.1. The molecule has 18 heavy (non-hydrogen) atoms. The molecule has 0 aromatic heterocycles. The van der Waals surface area contributed by atoms with E-state index in [1.807, 2.05) is 19.2 Å². The zero-order valence-corrected chi connectivity index (χ0v) is 11.4. The summed E-state index contributed by atoms with van der Waals surface area (Å²) in [5, 5.41) is 3.26. The van der Waals surface area contributed by atoms with Crippen LogP contribution in [0.2, 0.25) is 0 Å². The lowest BCUT2D eigenvalue weighted by atomic mass is 10.0. The molecule has 2 rings (SSSR count). The summed E-state index contributed by atoms with van der Waals surface area (Å²) in [4.78, 5) is 13.7. The predicted molar refractivity (Wildman–Crippen MR) is 75.3 cm³/mol. The summed E-state index contributed by atoms with van der Waals surface area (Å²) in [6, 6.07) is 8.54. The van der Waals surface area contributed by atoms with Crippen LogP contribution in [-0.4, -0.2) is 32.0 Å². The number of Topliss-reactive ketones (excluding diaryl/α,β-unsaturated/α-hetero) is 1. The van der Waals surface area contributed by atoms with Gasteiger partial charge in [-0.1, -0.05) is 0 Å². The molecule has 98 valence electrons. The van der Waals surface area contributed by atoms with Crippen molar-refractivity contribution < 1.29 is 4.79 Å². The number of nitrogens with zero attached hydrogens (tertiary/aromatic N) is 1. The van der Waals surface area contributed by atoms with E-state index in [0.717, 1.165) is 18.7 Å². The molecule has 0 amide bonds. The van der Waals surface area contributed by atoms with E-state index >= 15 is 0 Å². The number of nitrogens with one attached hydrogen (secondary N) is 1. The number of carbonyl (C=O) groups excluding carboxylic acids is 1. The van der Waals surface area contributed by atoms with Gasteiger partial charge in [-0.05, 0) is 64.0 Å². The first kappa shape index (κ1) is 13.1. The minimum atomic E-state index is 0.129. The fourth-order valence-electron chi connectivity index (χ4n) is 2.79. The van der Waals surface area contributed by atoms with Crippen molar-refractivity contribution >= 4 is 11.5 Å². The lowest BCUT2D eigenvalue weighted by Gasteiger charge is -2.27. The topological polar surface area (TPSA) is 32.3 Å². The van der Waals surface area contributed by atoms with Crippen LogP contribution < -0.4 is 10.2 Å². The molecule has 0 aliphatic carbocycles. The van der Waals surface area contributed by atoms with E-state index in [0.29, 0.717) is 12.0 Å². The Balaban J connectivity index is 2.10. The quantitative estimate of drug-likeness (QED) is 0.828. The fourth-order valence-corrected chi connectivity index (χ4v) is 2.79. The van der Waals surface area contributed by atoms with Gasteiger partial charge in [-0.15, -0.1) is 0 Å². The van der Waals surface area contributed by atoms with Crippen molar-refractivity contribution in [3.05, 3.63) is 29.8 Å². The number of rotatable bonds is 4. The van der Waals surface area contributed by atoms with Gasteiger partial charge >= 0.3 is 0 Å². The lowest BCUT2D eigenvalue weighted by molar-refractivity contribution is 0.101. The standard InChI is InChI=1S/C15H22N2O/c1-11-14(10-16-3)8-9-17(11)15-6-4-13(5-7-15)12(2)18/h4-7,11,14,16H,8-10H2,1-3H3. The summed E-state index contributed by atoms with van der Waals surface area (Å²) in [6.45, 7) is 6.07. The Labute approximate surface area is 109 Å². The summed E-state index contributed by atoms with van der Waals surface area (Å²) in [6.07, 6.45) is 1.23. The number of benzene rings is 1. The highest BCUT2D eigenvalue weighted by Crippen LogP contribution is 2.29. The minimum Gasteiger partial charge on any atom is -0.368 e. The van der Waals surface area contributed by atoms with Gasteiger partial charge < -0.3 is 10.2 Å². The second-order valence-corrected chi connectivity index (χ2v) is 5.14. The van der Waals surface area contributed by atoms with Crippen molar-refractivity contribution in [2.75, 3.05) is 25.0 Å². The first-order chi connectivity index (χ1) is 8.63. The molecule has 3 nitrogen and oxygen atoms in total. The highest BCUT2D eigenvalue weighted by molar-refractivity contribution is 5.94. The number of ketones is 1. The summed E-state index contributed by atoms with van der Waals surface area (Å²) >= 11 is 0. The van der Waals surface area contributed by atoms with Gasteiger partial charge in [0, 0.05) is 23.8 Å². The van der Waals surface area contributed by atoms with Crippen LogP contribution in [-0.2, 0) is 0 Å². The largest absolute Gasteiger partial charge is 0.368 e. The van der Waals surface area contributed by atoms with Gasteiger partial charge in [0.05, 0.1) is 0 Å². The highest BCUT2D eigenvalue weighted by Gasteiger charge is 2.29. The van der Waals surface area contributed by atoms with E-state index < -0.39 is 0 Å². The van der Waals surface area contributed by atoms with Crippen LogP contribution in [0.1, 0.15) is 30.6 Å². The molecule has 1 saturated heterocycles. The van der Waals surface area contributed by atoms with Crippen molar-refractivity contribution in [1.82, 2.24) is 5.32 Å². The maximum atomic E-state index is 11.3. The molecule has 0 bridgehead atoms. The molecule has 2 unspecified atom stereocenters. The van der Waals surface area contributed by atoms with Crippen molar-refractivity contribution in [1.29, 1.82) is 0 Å². The molecule has 3 heteroatoms. The van der Waals surface area contributed by atoms with Gasteiger partial charge in [-0.25, -0.2) is 0 Å². The normalized spacial score (nSPS) is 23.4. The molecule has 0 spiro atoms. The van der Waals surface area contributed by atoms with Crippen molar-refractivity contribution in [3.63, 3.8) is 0 Å². The Bertz CT molecular complexity index is 413. The zero-order valence-electron chi connectivity index (χ0n) is 11.4. The molecule has 0 saturated carbocycles. The Hall–Kier alpha value is -1.35. The highest BCUT2D eigenvalue weighted by atomic mass is 16.1. The number of hydrogen-bond acceptors (Lipinski definition) is 3. The monoisotopic (exact) mass is 246 g/mol. The summed E-state index contributed by atoms with van der Waals surface area (Å²) in [5.74, 6) is 0.839. The maximum absolute atomic E-state index is 11.3. The smallest absolute Gasteiger partial charge is 0.159 e. The number of anilines is 1. The molecule has 1 heterocycles. The average Bonchev–Trinajstić information content (AvgIpc) is 2.72. The van der Waals surface area contributed by atoms with Crippen LogP contribution in [0.15, 0.2) is 24.3 Å². The third-order valence-corrected chi connectivity index (χ3v) is 3.99. The number of carbonyl (C=O) groups is 1. The van der Waals surface area contributed by atoms with Crippen molar-refractivity contribution in [2.45, 2.75) is 26.3 Å². The Kier molecular flexibility index (Phi) is 4.02. The van der Waals surface area contributed by atoms with Gasteiger partial charge in [0.25, 0.3) is 0 Å². The van der Waals surface area contributed by atoms with Crippen LogP contribution in [0.5, 0.6) is 0 Å². The van der Waals surface area contributed by atoms with E-state index in [4.69, 9.17) is 0 Å².